The molecule has 0 bridgehead atoms. The highest BCUT2D eigenvalue weighted by atomic mass is 35.5. The molecule has 0 amide bonds. The van der Waals surface area contributed by atoms with Crippen LogP contribution in [-0.4, -0.2) is 12.1 Å². The van der Waals surface area contributed by atoms with E-state index in [9.17, 15) is 0 Å². The van der Waals surface area contributed by atoms with Crippen LogP contribution in [0.2, 0.25) is 0 Å². The second-order valence-corrected chi connectivity index (χ2v) is 4.28. The summed E-state index contributed by atoms with van der Waals surface area (Å²) in [7, 11) is 1.69. The predicted molar refractivity (Wildman–Crippen MR) is 74.0 cm³/mol. The van der Waals surface area contributed by atoms with Crippen molar-refractivity contribution < 1.29 is 4.74 Å². The van der Waals surface area contributed by atoms with Gasteiger partial charge in [-0.05, 0) is 24.3 Å². The molecule has 2 rings (SSSR count). The number of methoxy groups -OCH3 is 1. The van der Waals surface area contributed by atoms with Crippen LogP contribution in [0.25, 0.3) is 0 Å². The molecule has 2 aromatic rings. The molecule has 1 heterocycles. The number of hydrogen-bond acceptors (Lipinski definition) is 3. The molecule has 0 fully saturated rings. The highest BCUT2D eigenvalue weighted by Crippen LogP contribution is 2.30. The molecule has 0 aliphatic carbocycles. The molecule has 90 valence electrons. The maximum Gasteiger partial charge on any atom is 0.132 e. The van der Waals surface area contributed by atoms with Crippen LogP contribution in [0.3, 0.4) is 0 Å². The first-order chi connectivity index (χ1) is 7.90. The highest BCUT2D eigenvalue weighted by Gasteiger charge is 2.02. The summed E-state index contributed by atoms with van der Waals surface area (Å²) in [6.45, 7) is 0. The molecule has 0 radical (unpaired) electrons. The molecule has 0 saturated heterocycles. The molecular weight excluding hydrogens is 254 g/mol. The number of ether oxygens (including phenoxy) is 1. The Balaban J connectivity index is 0.00000144. The lowest BCUT2D eigenvalue weighted by Gasteiger charge is -2.06. The van der Waals surface area contributed by atoms with Gasteiger partial charge in [0.2, 0.25) is 0 Å². The fourth-order valence-electron chi connectivity index (χ4n) is 1.37. The van der Waals surface area contributed by atoms with Crippen LogP contribution in [-0.2, 0) is 5.75 Å². The number of rotatable bonds is 4. The average molecular weight is 268 g/mol. The SMILES string of the molecule is COc1ccccc1SCc1ccccn1.Cl. The van der Waals surface area contributed by atoms with Gasteiger partial charge < -0.3 is 4.74 Å². The summed E-state index contributed by atoms with van der Waals surface area (Å²) < 4.78 is 5.29. The number of aromatic nitrogens is 1. The molecular formula is C13H14ClNOS. The average Bonchev–Trinajstić information content (AvgIpc) is 2.38. The van der Waals surface area contributed by atoms with E-state index in [1.165, 1.54) is 0 Å². The normalized spacial score (nSPS) is 9.47. The molecule has 1 aromatic heterocycles. The number of benzene rings is 1. The third-order valence-electron chi connectivity index (χ3n) is 2.17. The van der Waals surface area contributed by atoms with E-state index in [1.54, 1.807) is 18.9 Å². The van der Waals surface area contributed by atoms with Gasteiger partial charge in [0.1, 0.15) is 5.75 Å². The van der Waals surface area contributed by atoms with Crippen molar-refractivity contribution in [2.75, 3.05) is 7.11 Å². The second kappa shape index (κ2) is 7.20. The van der Waals surface area contributed by atoms with E-state index in [4.69, 9.17) is 4.74 Å². The predicted octanol–water partition coefficient (Wildman–Crippen LogP) is 3.80. The number of hydrogen-bond donors (Lipinski definition) is 0. The van der Waals surface area contributed by atoms with Crippen molar-refractivity contribution in [1.82, 2.24) is 4.98 Å². The summed E-state index contributed by atoms with van der Waals surface area (Å²) in [5.74, 6) is 1.78. The molecule has 0 aliphatic rings. The van der Waals surface area contributed by atoms with Crippen molar-refractivity contribution in [3.63, 3.8) is 0 Å². The van der Waals surface area contributed by atoms with E-state index in [-0.39, 0.29) is 12.4 Å². The van der Waals surface area contributed by atoms with Crippen LogP contribution in [0.1, 0.15) is 5.69 Å². The Hall–Kier alpha value is -1.19. The number of nitrogens with zero attached hydrogens (tertiary/aromatic N) is 1. The molecule has 1 aromatic carbocycles. The number of thioether (sulfide) groups is 1. The summed E-state index contributed by atoms with van der Waals surface area (Å²) in [6.07, 6.45) is 1.82. The smallest absolute Gasteiger partial charge is 0.132 e. The van der Waals surface area contributed by atoms with Gasteiger partial charge in [0.15, 0.2) is 0 Å². The molecule has 0 aliphatic heterocycles. The lowest BCUT2D eigenvalue weighted by Crippen LogP contribution is -1.88. The first-order valence-electron chi connectivity index (χ1n) is 5.06. The first-order valence-corrected chi connectivity index (χ1v) is 6.04. The minimum Gasteiger partial charge on any atom is -0.496 e. The summed E-state index contributed by atoms with van der Waals surface area (Å²) in [6, 6.07) is 14.0. The van der Waals surface area contributed by atoms with E-state index >= 15 is 0 Å². The standard InChI is InChI=1S/C13H13NOS.ClH/c1-15-12-7-2-3-8-13(12)16-10-11-6-4-5-9-14-11;/h2-9H,10H2,1H3;1H. The van der Waals surface area contributed by atoms with E-state index in [2.05, 4.69) is 11.1 Å². The zero-order valence-electron chi connectivity index (χ0n) is 9.50. The zero-order valence-corrected chi connectivity index (χ0v) is 11.1. The van der Waals surface area contributed by atoms with Gasteiger partial charge >= 0.3 is 0 Å². The minimum atomic E-state index is 0. The Labute approximate surface area is 112 Å². The van der Waals surface area contributed by atoms with Crippen LogP contribution in [0.15, 0.2) is 53.6 Å². The van der Waals surface area contributed by atoms with Crippen molar-refractivity contribution in [3.05, 3.63) is 54.4 Å². The van der Waals surface area contributed by atoms with E-state index in [1.807, 2.05) is 42.6 Å². The summed E-state index contributed by atoms with van der Waals surface area (Å²) in [4.78, 5) is 5.44. The van der Waals surface area contributed by atoms with Crippen LogP contribution < -0.4 is 4.74 Å². The maximum absolute atomic E-state index is 5.29. The Kier molecular flexibility index (Phi) is 5.87. The zero-order chi connectivity index (χ0) is 11.2. The van der Waals surface area contributed by atoms with Crippen molar-refractivity contribution in [1.29, 1.82) is 0 Å². The van der Waals surface area contributed by atoms with E-state index in [0.29, 0.717) is 0 Å². The molecule has 0 atom stereocenters. The highest BCUT2D eigenvalue weighted by molar-refractivity contribution is 7.98. The Bertz CT molecular complexity index is 450. The van der Waals surface area contributed by atoms with Crippen molar-refractivity contribution in [2.24, 2.45) is 0 Å². The minimum absolute atomic E-state index is 0. The molecule has 0 spiro atoms. The first kappa shape index (κ1) is 13.9. The van der Waals surface area contributed by atoms with Crippen LogP contribution >= 0.6 is 24.2 Å². The molecule has 0 unspecified atom stereocenters. The molecule has 17 heavy (non-hydrogen) atoms. The van der Waals surface area contributed by atoms with Crippen molar-refractivity contribution in [2.45, 2.75) is 10.6 Å². The van der Waals surface area contributed by atoms with Crippen LogP contribution in [0, 0.1) is 0 Å². The van der Waals surface area contributed by atoms with E-state index < -0.39 is 0 Å². The monoisotopic (exact) mass is 267 g/mol. The Morgan fingerprint density at radius 3 is 2.59 bits per heavy atom. The van der Waals surface area contributed by atoms with Gasteiger partial charge in [-0.25, -0.2) is 0 Å². The quantitative estimate of drug-likeness (QED) is 0.787. The van der Waals surface area contributed by atoms with Gasteiger partial charge in [-0.3, -0.25) is 4.98 Å². The van der Waals surface area contributed by atoms with Crippen molar-refractivity contribution >= 4 is 24.2 Å². The summed E-state index contributed by atoms with van der Waals surface area (Å²) in [5.41, 5.74) is 1.08. The second-order valence-electron chi connectivity index (χ2n) is 3.26. The van der Waals surface area contributed by atoms with Crippen molar-refractivity contribution in [3.8, 4) is 5.75 Å². The maximum atomic E-state index is 5.29. The number of pyridine rings is 1. The van der Waals surface area contributed by atoms with Gasteiger partial charge in [-0.1, -0.05) is 18.2 Å². The molecule has 0 saturated carbocycles. The Morgan fingerprint density at radius 1 is 1.12 bits per heavy atom. The van der Waals surface area contributed by atoms with Gasteiger partial charge in [-0.2, -0.15) is 0 Å². The van der Waals surface area contributed by atoms with Crippen LogP contribution in [0.5, 0.6) is 5.75 Å². The Morgan fingerprint density at radius 2 is 1.88 bits per heavy atom. The third kappa shape index (κ3) is 3.95. The van der Waals surface area contributed by atoms with Gasteiger partial charge in [0, 0.05) is 16.8 Å². The molecule has 0 N–H and O–H groups in total. The summed E-state index contributed by atoms with van der Waals surface area (Å²) in [5, 5.41) is 0. The van der Waals surface area contributed by atoms with Gasteiger partial charge in [0.05, 0.1) is 12.8 Å². The van der Waals surface area contributed by atoms with E-state index in [0.717, 1.165) is 22.1 Å². The molecule has 4 heteroatoms. The van der Waals surface area contributed by atoms with Gasteiger partial charge in [0.25, 0.3) is 0 Å². The topological polar surface area (TPSA) is 22.1 Å². The number of para-hydroxylation sites is 1. The lowest BCUT2D eigenvalue weighted by atomic mass is 10.3. The largest absolute Gasteiger partial charge is 0.496 e. The fraction of sp³-hybridized carbons (Fsp3) is 0.154. The lowest BCUT2D eigenvalue weighted by molar-refractivity contribution is 0.405. The van der Waals surface area contributed by atoms with Crippen LogP contribution in [0.4, 0.5) is 0 Å². The number of halogens is 1. The summed E-state index contributed by atoms with van der Waals surface area (Å²) >= 11 is 1.74. The van der Waals surface area contributed by atoms with Gasteiger partial charge in [-0.15, -0.1) is 24.2 Å². The third-order valence-corrected chi connectivity index (χ3v) is 3.26. The fourth-order valence-corrected chi connectivity index (χ4v) is 2.32. The molecule has 2 nitrogen and oxygen atoms in total.